The first-order chi connectivity index (χ1) is 8.65. The van der Waals surface area contributed by atoms with Crippen molar-refractivity contribution in [2.75, 3.05) is 46.4 Å². The molecule has 0 atom stereocenters. The molecule has 0 amide bonds. The zero-order valence-corrected chi connectivity index (χ0v) is 12.0. The quantitative estimate of drug-likeness (QED) is 0.599. The van der Waals surface area contributed by atoms with Gasteiger partial charge in [-0.05, 0) is 31.2 Å². The molecule has 0 unspecified atom stereocenters. The van der Waals surface area contributed by atoms with Gasteiger partial charge in [0.2, 0.25) is 0 Å². The van der Waals surface area contributed by atoms with Crippen LogP contribution in [0.15, 0.2) is 0 Å². The number of nitrogens with one attached hydrogen (secondary N) is 1. The predicted octanol–water partition coefficient (Wildman–Crippen LogP) is 0.689. The van der Waals surface area contributed by atoms with Crippen LogP contribution >= 0.6 is 0 Å². The van der Waals surface area contributed by atoms with Crippen LogP contribution in [0, 0.1) is 11.3 Å². The van der Waals surface area contributed by atoms with E-state index >= 15 is 0 Å². The van der Waals surface area contributed by atoms with Gasteiger partial charge in [-0.25, -0.2) is 0 Å². The van der Waals surface area contributed by atoms with E-state index in [2.05, 4.69) is 17.1 Å². The molecule has 0 radical (unpaired) electrons. The van der Waals surface area contributed by atoms with Gasteiger partial charge in [0, 0.05) is 26.2 Å². The van der Waals surface area contributed by atoms with Gasteiger partial charge in [0.25, 0.3) is 0 Å². The highest BCUT2D eigenvalue weighted by Gasteiger charge is 2.34. The van der Waals surface area contributed by atoms with Crippen LogP contribution in [-0.4, -0.2) is 61.6 Å². The molecule has 3 N–H and O–H groups in total. The van der Waals surface area contributed by atoms with Crippen LogP contribution in [0.1, 0.15) is 32.6 Å². The zero-order chi connectivity index (χ0) is 13.4. The van der Waals surface area contributed by atoms with Gasteiger partial charge in [0.15, 0.2) is 0 Å². The summed E-state index contributed by atoms with van der Waals surface area (Å²) in [7, 11) is 2.02. The highest BCUT2D eigenvalue weighted by Crippen LogP contribution is 2.39. The monoisotopic (exact) mass is 258 g/mol. The van der Waals surface area contributed by atoms with E-state index in [0.717, 1.165) is 19.0 Å². The second-order valence-corrected chi connectivity index (χ2v) is 5.94. The van der Waals surface area contributed by atoms with Crippen molar-refractivity contribution in [3.63, 3.8) is 0 Å². The third-order valence-corrected chi connectivity index (χ3v) is 4.28. The first-order valence-electron chi connectivity index (χ1n) is 7.24. The molecule has 0 heterocycles. The van der Waals surface area contributed by atoms with Crippen LogP contribution in [0.5, 0.6) is 0 Å². The van der Waals surface area contributed by atoms with Gasteiger partial charge in [-0.1, -0.05) is 19.8 Å². The van der Waals surface area contributed by atoms with Crippen molar-refractivity contribution in [2.45, 2.75) is 32.6 Å². The summed E-state index contributed by atoms with van der Waals surface area (Å²) in [6.07, 6.45) is 5.10. The summed E-state index contributed by atoms with van der Waals surface area (Å²) < 4.78 is 0. The number of hydrogen-bond acceptors (Lipinski definition) is 4. The Morgan fingerprint density at radius 1 is 1.17 bits per heavy atom. The summed E-state index contributed by atoms with van der Waals surface area (Å²) in [4.78, 5) is 2.20. The lowest BCUT2D eigenvalue weighted by Crippen LogP contribution is -2.47. The molecule has 0 aromatic rings. The molecule has 1 saturated carbocycles. The SMILES string of the molecule is CNCC1(CN(CCO)CCO)CCC(C)CC1. The Balaban J connectivity index is 2.59. The summed E-state index contributed by atoms with van der Waals surface area (Å²) >= 11 is 0. The average Bonchev–Trinajstić information content (AvgIpc) is 2.34. The molecule has 0 spiro atoms. The van der Waals surface area contributed by atoms with Gasteiger partial charge in [0.05, 0.1) is 13.2 Å². The van der Waals surface area contributed by atoms with Crippen LogP contribution in [0.2, 0.25) is 0 Å². The largest absolute Gasteiger partial charge is 0.395 e. The van der Waals surface area contributed by atoms with E-state index in [-0.39, 0.29) is 13.2 Å². The Bertz CT molecular complexity index is 210. The lowest BCUT2D eigenvalue weighted by atomic mass is 9.70. The molecular formula is C14H30N2O2. The van der Waals surface area contributed by atoms with E-state index in [1.54, 1.807) is 0 Å². The molecule has 1 rings (SSSR count). The maximum atomic E-state index is 9.11. The fourth-order valence-electron chi connectivity index (χ4n) is 3.17. The Hall–Kier alpha value is -0.160. The molecule has 0 bridgehead atoms. The van der Waals surface area contributed by atoms with Gasteiger partial charge >= 0.3 is 0 Å². The molecular weight excluding hydrogens is 228 g/mol. The van der Waals surface area contributed by atoms with Gasteiger partial charge in [-0.2, -0.15) is 0 Å². The van der Waals surface area contributed by atoms with Crippen molar-refractivity contribution in [3.05, 3.63) is 0 Å². The van der Waals surface area contributed by atoms with Crippen molar-refractivity contribution in [1.82, 2.24) is 10.2 Å². The summed E-state index contributed by atoms with van der Waals surface area (Å²) in [6.45, 7) is 6.04. The number of hydrogen-bond donors (Lipinski definition) is 3. The summed E-state index contributed by atoms with van der Waals surface area (Å²) in [5, 5.41) is 21.6. The fraction of sp³-hybridized carbons (Fsp3) is 1.00. The molecule has 1 fully saturated rings. The van der Waals surface area contributed by atoms with E-state index in [1.807, 2.05) is 7.05 Å². The van der Waals surface area contributed by atoms with Crippen molar-refractivity contribution in [3.8, 4) is 0 Å². The number of aliphatic hydroxyl groups is 2. The second-order valence-electron chi connectivity index (χ2n) is 5.94. The normalized spacial score (nSPS) is 28.8. The molecule has 0 aliphatic heterocycles. The second kappa shape index (κ2) is 8.10. The molecule has 0 saturated heterocycles. The van der Waals surface area contributed by atoms with Crippen LogP contribution < -0.4 is 5.32 Å². The maximum absolute atomic E-state index is 9.11. The molecule has 4 heteroatoms. The van der Waals surface area contributed by atoms with Gasteiger partial charge < -0.3 is 15.5 Å². The van der Waals surface area contributed by atoms with Crippen molar-refractivity contribution in [2.24, 2.45) is 11.3 Å². The van der Waals surface area contributed by atoms with E-state index < -0.39 is 0 Å². The minimum atomic E-state index is 0.173. The van der Waals surface area contributed by atoms with E-state index in [0.29, 0.717) is 18.5 Å². The topological polar surface area (TPSA) is 55.7 Å². The van der Waals surface area contributed by atoms with Crippen molar-refractivity contribution < 1.29 is 10.2 Å². The molecule has 0 aromatic carbocycles. The summed E-state index contributed by atoms with van der Waals surface area (Å²) in [5.41, 5.74) is 0.325. The Labute approximate surface area is 111 Å². The number of aliphatic hydroxyl groups excluding tert-OH is 2. The van der Waals surface area contributed by atoms with E-state index in [4.69, 9.17) is 10.2 Å². The van der Waals surface area contributed by atoms with Crippen LogP contribution in [-0.2, 0) is 0 Å². The van der Waals surface area contributed by atoms with Gasteiger partial charge in [-0.3, -0.25) is 4.90 Å². The Kier molecular flexibility index (Phi) is 7.15. The van der Waals surface area contributed by atoms with Gasteiger partial charge in [-0.15, -0.1) is 0 Å². The molecule has 18 heavy (non-hydrogen) atoms. The van der Waals surface area contributed by atoms with Crippen LogP contribution in [0.4, 0.5) is 0 Å². The average molecular weight is 258 g/mol. The van der Waals surface area contributed by atoms with Crippen molar-refractivity contribution >= 4 is 0 Å². The number of rotatable bonds is 8. The van der Waals surface area contributed by atoms with E-state index in [1.165, 1.54) is 25.7 Å². The Morgan fingerprint density at radius 3 is 2.17 bits per heavy atom. The first-order valence-corrected chi connectivity index (χ1v) is 7.24. The van der Waals surface area contributed by atoms with Crippen LogP contribution in [0.25, 0.3) is 0 Å². The first kappa shape index (κ1) is 15.9. The highest BCUT2D eigenvalue weighted by atomic mass is 16.3. The lowest BCUT2D eigenvalue weighted by molar-refractivity contribution is 0.0672. The molecule has 1 aliphatic carbocycles. The molecule has 4 nitrogen and oxygen atoms in total. The molecule has 108 valence electrons. The number of nitrogens with zero attached hydrogens (tertiary/aromatic N) is 1. The Morgan fingerprint density at radius 2 is 1.72 bits per heavy atom. The highest BCUT2D eigenvalue weighted by molar-refractivity contribution is 4.89. The third-order valence-electron chi connectivity index (χ3n) is 4.28. The summed E-state index contributed by atoms with van der Waals surface area (Å²) in [5.74, 6) is 0.846. The molecule has 1 aliphatic rings. The van der Waals surface area contributed by atoms with Crippen molar-refractivity contribution in [1.29, 1.82) is 0 Å². The maximum Gasteiger partial charge on any atom is 0.0558 e. The lowest BCUT2D eigenvalue weighted by Gasteiger charge is -2.42. The standard InChI is InChI=1S/C14H30N2O2/c1-13-3-5-14(6-4-13,11-15-2)12-16(7-9-17)8-10-18/h13,15,17-18H,3-12H2,1-2H3. The van der Waals surface area contributed by atoms with Crippen LogP contribution in [0.3, 0.4) is 0 Å². The minimum Gasteiger partial charge on any atom is -0.395 e. The van der Waals surface area contributed by atoms with E-state index in [9.17, 15) is 0 Å². The van der Waals surface area contributed by atoms with Gasteiger partial charge in [0.1, 0.15) is 0 Å². The zero-order valence-electron chi connectivity index (χ0n) is 12.0. The minimum absolute atomic E-state index is 0.173. The third kappa shape index (κ3) is 4.84. The predicted molar refractivity (Wildman–Crippen MR) is 74.6 cm³/mol. The summed E-state index contributed by atoms with van der Waals surface area (Å²) in [6, 6.07) is 0. The molecule has 0 aromatic heterocycles. The fourth-order valence-corrected chi connectivity index (χ4v) is 3.17. The smallest absolute Gasteiger partial charge is 0.0558 e.